The monoisotopic (exact) mass is 387 g/mol. The van der Waals surface area contributed by atoms with E-state index in [1.54, 1.807) is 11.8 Å². The summed E-state index contributed by atoms with van der Waals surface area (Å²) in [6, 6.07) is 0. The molecule has 28 heavy (non-hydrogen) atoms. The molecule has 1 aliphatic rings. The van der Waals surface area contributed by atoms with Crippen LogP contribution in [0.3, 0.4) is 0 Å². The Labute approximate surface area is 165 Å². The summed E-state index contributed by atoms with van der Waals surface area (Å²) in [7, 11) is 3.45. The van der Waals surface area contributed by atoms with E-state index in [0.29, 0.717) is 31.7 Å². The van der Waals surface area contributed by atoms with Gasteiger partial charge in [-0.05, 0) is 44.2 Å². The largest absolute Gasteiger partial charge is 0.479 e. The fourth-order valence-corrected chi connectivity index (χ4v) is 3.87. The molecule has 1 N–H and O–H groups in total. The second-order valence-electron chi connectivity index (χ2n) is 7.32. The number of methoxy groups -OCH3 is 1. The number of carbonyl (C=O) groups excluding carboxylic acids is 2. The van der Waals surface area contributed by atoms with Crippen LogP contribution in [0.2, 0.25) is 0 Å². The van der Waals surface area contributed by atoms with E-state index in [4.69, 9.17) is 4.74 Å². The highest BCUT2D eigenvalue weighted by molar-refractivity contribution is 5.86. The summed E-state index contributed by atoms with van der Waals surface area (Å²) >= 11 is 0. The standard InChI is InChI=1S/C20H29N5O3/c1-13-15(14(2)22-19-18(13)20(28-4)23-24(19)3)8-9-16(26)21-10-6-12-25-11-5-7-17(25)27/h5-12H2,1-4H3,(H,21,26). The molecule has 2 aromatic rings. The molecule has 152 valence electrons. The highest BCUT2D eigenvalue weighted by Crippen LogP contribution is 2.30. The zero-order chi connectivity index (χ0) is 20.3. The van der Waals surface area contributed by atoms with Gasteiger partial charge in [0.15, 0.2) is 5.65 Å². The maximum absolute atomic E-state index is 12.2. The highest BCUT2D eigenvalue weighted by atomic mass is 16.5. The molecule has 0 aromatic carbocycles. The number of hydrogen-bond donors (Lipinski definition) is 1. The Kier molecular flexibility index (Phi) is 6.16. The van der Waals surface area contributed by atoms with Gasteiger partial charge in [0.25, 0.3) is 0 Å². The topological polar surface area (TPSA) is 89.3 Å². The number of pyridine rings is 1. The Balaban J connectivity index is 1.55. The first-order chi connectivity index (χ1) is 13.4. The molecular weight excluding hydrogens is 358 g/mol. The number of amides is 2. The molecule has 0 unspecified atom stereocenters. The van der Waals surface area contributed by atoms with Gasteiger partial charge in [0.2, 0.25) is 17.7 Å². The predicted molar refractivity (Wildman–Crippen MR) is 106 cm³/mol. The molecule has 0 aliphatic carbocycles. The van der Waals surface area contributed by atoms with Crippen LogP contribution in [0, 0.1) is 13.8 Å². The van der Waals surface area contributed by atoms with Gasteiger partial charge in [-0.1, -0.05) is 0 Å². The highest BCUT2D eigenvalue weighted by Gasteiger charge is 2.20. The first kappa shape index (κ1) is 20.1. The van der Waals surface area contributed by atoms with Gasteiger partial charge in [0.05, 0.1) is 12.5 Å². The number of nitrogens with zero attached hydrogens (tertiary/aromatic N) is 4. The van der Waals surface area contributed by atoms with Crippen molar-refractivity contribution >= 4 is 22.8 Å². The van der Waals surface area contributed by atoms with Crippen molar-refractivity contribution in [2.24, 2.45) is 7.05 Å². The van der Waals surface area contributed by atoms with E-state index in [0.717, 1.165) is 53.8 Å². The zero-order valence-electron chi connectivity index (χ0n) is 17.2. The van der Waals surface area contributed by atoms with Crippen LogP contribution in [-0.2, 0) is 23.1 Å². The Hall–Kier alpha value is -2.64. The average Bonchev–Trinajstić information content (AvgIpc) is 3.21. The lowest BCUT2D eigenvalue weighted by Crippen LogP contribution is -2.30. The van der Waals surface area contributed by atoms with Gasteiger partial charge in [-0.15, -0.1) is 5.10 Å². The van der Waals surface area contributed by atoms with Crippen molar-refractivity contribution in [3.8, 4) is 5.88 Å². The third-order valence-electron chi connectivity index (χ3n) is 5.42. The molecule has 0 bridgehead atoms. The molecule has 0 saturated carbocycles. The fourth-order valence-electron chi connectivity index (χ4n) is 3.87. The Morgan fingerprint density at radius 3 is 2.79 bits per heavy atom. The van der Waals surface area contributed by atoms with E-state index in [9.17, 15) is 9.59 Å². The molecule has 1 saturated heterocycles. The summed E-state index contributed by atoms with van der Waals surface area (Å²) in [5, 5.41) is 8.22. The minimum Gasteiger partial charge on any atom is -0.479 e. The average molecular weight is 387 g/mol. The lowest BCUT2D eigenvalue weighted by atomic mass is 10.00. The second kappa shape index (κ2) is 8.58. The maximum Gasteiger partial charge on any atom is 0.242 e. The number of nitrogens with one attached hydrogen (secondary N) is 1. The van der Waals surface area contributed by atoms with Crippen molar-refractivity contribution in [3.63, 3.8) is 0 Å². The number of fused-ring (bicyclic) bond motifs is 1. The van der Waals surface area contributed by atoms with Crippen LogP contribution < -0.4 is 10.1 Å². The second-order valence-corrected chi connectivity index (χ2v) is 7.32. The summed E-state index contributed by atoms with van der Waals surface area (Å²) in [5.74, 6) is 0.806. The molecule has 2 aromatic heterocycles. The summed E-state index contributed by atoms with van der Waals surface area (Å²) in [5.41, 5.74) is 3.83. The maximum atomic E-state index is 12.2. The molecule has 2 amide bonds. The number of ether oxygens (including phenoxy) is 1. The molecule has 0 spiro atoms. The minimum absolute atomic E-state index is 0.0183. The van der Waals surface area contributed by atoms with Gasteiger partial charge in [0, 0.05) is 45.2 Å². The predicted octanol–water partition coefficient (Wildman–Crippen LogP) is 1.66. The SMILES string of the molecule is COc1nn(C)c2nc(C)c(CCC(=O)NCCCN3CCCC3=O)c(C)c12. The van der Waals surface area contributed by atoms with Crippen LogP contribution in [0.15, 0.2) is 0 Å². The van der Waals surface area contributed by atoms with E-state index < -0.39 is 0 Å². The number of rotatable bonds is 8. The molecule has 1 fully saturated rings. The van der Waals surface area contributed by atoms with E-state index in [1.807, 2.05) is 25.8 Å². The van der Waals surface area contributed by atoms with Crippen LogP contribution in [0.4, 0.5) is 0 Å². The first-order valence-corrected chi connectivity index (χ1v) is 9.83. The Morgan fingerprint density at radius 2 is 2.11 bits per heavy atom. The van der Waals surface area contributed by atoms with Crippen LogP contribution >= 0.6 is 0 Å². The third-order valence-corrected chi connectivity index (χ3v) is 5.42. The summed E-state index contributed by atoms with van der Waals surface area (Å²) in [6.45, 7) is 6.15. The smallest absolute Gasteiger partial charge is 0.242 e. The number of aromatic nitrogens is 3. The zero-order valence-corrected chi connectivity index (χ0v) is 17.2. The lowest BCUT2D eigenvalue weighted by Gasteiger charge is -2.15. The van der Waals surface area contributed by atoms with Gasteiger partial charge in [0.1, 0.15) is 0 Å². The van der Waals surface area contributed by atoms with Crippen LogP contribution in [-0.4, -0.2) is 58.2 Å². The van der Waals surface area contributed by atoms with Crippen molar-refractivity contribution in [3.05, 3.63) is 16.8 Å². The van der Waals surface area contributed by atoms with Gasteiger partial charge in [-0.25, -0.2) is 9.67 Å². The van der Waals surface area contributed by atoms with Gasteiger partial charge in [-0.2, -0.15) is 0 Å². The van der Waals surface area contributed by atoms with Crippen molar-refractivity contribution in [2.75, 3.05) is 26.7 Å². The van der Waals surface area contributed by atoms with E-state index in [2.05, 4.69) is 15.4 Å². The molecule has 3 rings (SSSR count). The quantitative estimate of drug-likeness (QED) is 0.696. The van der Waals surface area contributed by atoms with Gasteiger partial charge >= 0.3 is 0 Å². The van der Waals surface area contributed by atoms with Crippen LogP contribution in [0.1, 0.15) is 42.5 Å². The normalized spacial score (nSPS) is 14.1. The number of carbonyl (C=O) groups is 2. The number of hydrogen-bond acceptors (Lipinski definition) is 5. The van der Waals surface area contributed by atoms with Crippen LogP contribution in [0.25, 0.3) is 11.0 Å². The molecule has 8 heteroatoms. The van der Waals surface area contributed by atoms with Crippen molar-refractivity contribution < 1.29 is 14.3 Å². The number of likely N-dealkylation sites (tertiary alicyclic amines) is 1. The molecule has 3 heterocycles. The van der Waals surface area contributed by atoms with Crippen molar-refractivity contribution in [2.45, 2.75) is 46.0 Å². The summed E-state index contributed by atoms with van der Waals surface area (Å²) < 4.78 is 7.10. The fraction of sp³-hybridized carbons (Fsp3) is 0.600. The molecule has 8 nitrogen and oxygen atoms in total. The van der Waals surface area contributed by atoms with Gasteiger partial charge < -0.3 is 15.0 Å². The first-order valence-electron chi connectivity index (χ1n) is 9.83. The van der Waals surface area contributed by atoms with Crippen molar-refractivity contribution in [1.82, 2.24) is 25.0 Å². The Morgan fingerprint density at radius 1 is 1.32 bits per heavy atom. The Bertz CT molecular complexity index is 890. The minimum atomic E-state index is 0.0183. The molecule has 0 atom stereocenters. The van der Waals surface area contributed by atoms with Gasteiger partial charge in [-0.3, -0.25) is 9.59 Å². The molecular formula is C20H29N5O3. The number of aryl methyl sites for hydroxylation is 3. The van der Waals surface area contributed by atoms with Crippen molar-refractivity contribution in [1.29, 1.82) is 0 Å². The van der Waals surface area contributed by atoms with Crippen LogP contribution in [0.5, 0.6) is 5.88 Å². The lowest BCUT2D eigenvalue weighted by molar-refractivity contribution is -0.127. The third kappa shape index (κ3) is 4.10. The molecule has 0 radical (unpaired) electrons. The molecule has 1 aliphatic heterocycles. The summed E-state index contributed by atoms with van der Waals surface area (Å²) in [6.07, 6.45) is 3.42. The summed E-state index contributed by atoms with van der Waals surface area (Å²) in [4.78, 5) is 30.4. The van der Waals surface area contributed by atoms with E-state index in [1.165, 1.54) is 0 Å². The van der Waals surface area contributed by atoms with E-state index >= 15 is 0 Å². The van der Waals surface area contributed by atoms with E-state index in [-0.39, 0.29) is 11.8 Å².